The number of sulfonamides is 1. The molecule has 1 fully saturated rings. The van der Waals surface area contributed by atoms with Gasteiger partial charge >= 0.3 is 0 Å². The highest BCUT2D eigenvalue weighted by molar-refractivity contribution is 7.92. The molecule has 1 atom stereocenters. The van der Waals surface area contributed by atoms with Crippen LogP contribution >= 0.6 is 0 Å². The van der Waals surface area contributed by atoms with Crippen molar-refractivity contribution < 1.29 is 13.2 Å². The van der Waals surface area contributed by atoms with Crippen molar-refractivity contribution in [3.05, 3.63) is 60.3 Å². The number of amides is 1. The van der Waals surface area contributed by atoms with Gasteiger partial charge in [-0.2, -0.15) is 0 Å². The zero-order valence-corrected chi connectivity index (χ0v) is 16.7. The summed E-state index contributed by atoms with van der Waals surface area (Å²) in [6.45, 7) is 1.19. The molecule has 1 saturated heterocycles. The Morgan fingerprint density at radius 2 is 1.90 bits per heavy atom. The minimum Gasteiger partial charge on any atom is -0.350 e. The Bertz CT molecular complexity index is 1150. The Kier molecular flexibility index (Phi) is 5.06. The molecule has 29 heavy (non-hydrogen) atoms. The van der Waals surface area contributed by atoms with E-state index >= 15 is 0 Å². The number of likely N-dealkylation sites (tertiary alicyclic amines) is 1. The maximum absolute atomic E-state index is 12.7. The Morgan fingerprint density at radius 3 is 2.66 bits per heavy atom. The smallest absolute Gasteiger partial charge is 0.253 e. The number of anilines is 2. The molecule has 0 radical (unpaired) electrons. The number of nitrogens with zero attached hydrogens (tertiary/aromatic N) is 3. The van der Waals surface area contributed by atoms with Crippen molar-refractivity contribution in [1.82, 2.24) is 14.9 Å². The molecule has 0 aliphatic carbocycles. The van der Waals surface area contributed by atoms with Gasteiger partial charge in [0.05, 0.1) is 11.8 Å². The Labute approximate surface area is 169 Å². The molecule has 2 aromatic carbocycles. The molecule has 1 aromatic heterocycles. The van der Waals surface area contributed by atoms with E-state index in [0.29, 0.717) is 30.3 Å². The summed E-state index contributed by atoms with van der Waals surface area (Å²) >= 11 is 0. The van der Waals surface area contributed by atoms with Gasteiger partial charge in [0.1, 0.15) is 0 Å². The van der Waals surface area contributed by atoms with Crippen molar-refractivity contribution in [2.24, 2.45) is 0 Å². The highest BCUT2D eigenvalue weighted by Gasteiger charge is 2.27. The SMILES string of the molecule is CS(=O)(=O)Nc1ccc(C(=O)N2CC[C@@H](Nc3ncc4ccccc4n3)C2)cc1. The number of carbonyl (C=O) groups excluding carboxylic acids is 1. The van der Waals surface area contributed by atoms with Gasteiger partial charge in [-0.15, -0.1) is 0 Å². The van der Waals surface area contributed by atoms with Gasteiger partial charge in [0.15, 0.2) is 0 Å². The lowest BCUT2D eigenvalue weighted by molar-refractivity contribution is 0.0791. The van der Waals surface area contributed by atoms with E-state index in [1.165, 1.54) is 0 Å². The van der Waals surface area contributed by atoms with E-state index in [2.05, 4.69) is 20.0 Å². The van der Waals surface area contributed by atoms with E-state index in [1.54, 1.807) is 35.4 Å². The van der Waals surface area contributed by atoms with Crippen molar-refractivity contribution in [3.8, 4) is 0 Å². The van der Waals surface area contributed by atoms with E-state index in [0.717, 1.165) is 23.6 Å². The molecule has 150 valence electrons. The number of fused-ring (bicyclic) bond motifs is 1. The highest BCUT2D eigenvalue weighted by Crippen LogP contribution is 2.19. The first kappa shape index (κ1) is 19.1. The molecule has 4 rings (SSSR count). The van der Waals surface area contributed by atoms with Gasteiger partial charge in [-0.05, 0) is 36.8 Å². The minimum atomic E-state index is -3.34. The quantitative estimate of drug-likeness (QED) is 0.668. The van der Waals surface area contributed by atoms with E-state index in [1.807, 2.05) is 24.3 Å². The fourth-order valence-corrected chi connectivity index (χ4v) is 3.93. The molecule has 0 unspecified atom stereocenters. The van der Waals surface area contributed by atoms with Crippen LogP contribution in [0.5, 0.6) is 0 Å². The minimum absolute atomic E-state index is 0.0753. The zero-order chi connectivity index (χ0) is 20.4. The molecular formula is C20H21N5O3S. The van der Waals surface area contributed by atoms with Crippen molar-refractivity contribution in [3.63, 3.8) is 0 Å². The van der Waals surface area contributed by atoms with Crippen LogP contribution in [0, 0.1) is 0 Å². The zero-order valence-electron chi connectivity index (χ0n) is 15.9. The first-order chi connectivity index (χ1) is 13.9. The van der Waals surface area contributed by atoms with Crippen LogP contribution < -0.4 is 10.0 Å². The third-order valence-corrected chi connectivity index (χ3v) is 5.34. The van der Waals surface area contributed by atoms with Gasteiger partial charge in [0.25, 0.3) is 5.91 Å². The van der Waals surface area contributed by atoms with Crippen molar-refractivity contribution >= 4 is 38.5 Å². The molecule has 3 aromatic rings. The topological polar surface area (TPSA) is 104 Å². The Morgan fingerprint density at radius 1 is 1.14 bits per heavy atom. The molecule has 9 heteroatoms. The second kappa shape index (κ2) is 7.67. The van der Waals surface area contributed by atoms with Crippen LogP contribution in [0.25, 0.3) is 10.9 Å². The summed E-state index contributed by atoms with van der Waals surface area (Å²) in [4.78, 5) is 23.4. The van der Waals surface area contributed by atoms with Gasteiger partial charge < -0.3 is 10.2 Å². The first-order valence-corrected chi connectivity index (χ1v) is 11.1. The Hall–Kier alpha value is -3.20. The van der Waals surface area contributed by atoms with Crippen LogP contribution in [0.2, 0.25) is 0 Å². The van der Waals surface area contributed by atoms with Crippen LogP contribution in [-0.4, -0.2) is 54.6 Å². The molecule has 0 bridgehead atoms. The second-order valence-corrected chi connectivity index (χ2v) is 8.83. The van der Waals surface area contributed by atoms with Crippen LogP contribution in [0.1, 0.15) is 16.8 Å². The van der Waals surface area contributed by atoms with Crippen LogP contribution in [0.4, 0.5) is 11.6 Å². The van der Waals surface area contributed by atoms with Crippen LogP contribution in [-0.2, 0) is 10.0 Å². The number of carbonyl (C=O) groups is 1. The molecule has 1 aliphatic rings. The van der Waals surface area contributed by atoms with Crippen molar-refractivity contribution in [2.75, 3.05) is 29.4 Å². The average Bonchev–Trinajstić information content (AvgIpc) is 3.15. The van der Waals surface area contributed by atoms with Gasteiger partial charge in [0, 0.05) is 42.0 Å². The molecular weight excluding hydrogens is 390 g/mol. The fourth-order valence-electron chi connectivity index (χ4n) is 3.36. The fraction of sp³-hybridized carbons (Fsp3) is 0.250. The van der Waals surface area contributed by atoms with E-state index in [9.17, 15) is 13.2 Å². The van der Waals surface area contributed by atoms with E-state index in [-0.39, 0.29) is 11.9 Å². The second-order valence-electron chi connectivity index (χ2n) is 7.09. The van der Waals surface area contributed by atoms with Crippen molar-refractivity contribution in [2.45, 2.75) is 12.5 Å². The number of nitrogens with one attached hydrogen (secondary N) is 2. The predicted molar refractivity (Wildman–Crippen MR) is 112 cm³/mol. The molecule has 1 amide bonds. The lowest BCUT2D eigenvalue weighted by Crippen LogP contribution is -2.31. The summed E-state index contributed by atoms with van der Waals surface area (Å²) in [6, 6.07) is 14.3. The number of hydrogen-bond donors (Lipinski definition) is 2. The third-order valence-electron chi connectivity index (χ3n) is 4.73. The highest BCUT2D eigenvalue weighted by atomic mass is 32.2. The number of hydrogen-bond acceptors (Lipinski definition) is 6. The van der Waals surface area contributed by atoms with E-state index < -0.39 is 10.0 Å². The molecule has 2 heterocycles. The molecule has 8 nitrogen and oxygen atoms in total. The monoisotopic (exact) mass is 411 g/mol. The maximum atomic E-state index is 12.7. The van der Waals surface area contributed by atoms with Gasteiger partial charge in [-0.25, -0.2) is 18.4 Å². The predicted octanol–water partition coefficient (Wildman–Crippen LogP) is 2.33. The largest absolute Gasteiger partial charge is 0.350 e. The molecule has 1 aliphatic heterocycles. The number of aromatic nitrogens is 2. The average molecular weight is 411 g/mol. The standard InChI is InChI=1S/C20H21N5O3S/c1-29(27,28)24-16-8-6-14(7-9-16)19(26)25-11-10-17(13-25)22-20-21-12-15-4-2-3-5-18(15)23-20/h2-9,12,17,24H,10-11,13H2,1H3,(H,21,22,23)/t17-/m1/s1. The number of benzene rings is 2. The Balaban J connectivity index is 1.39. The van der Waals surface area contributed by atoms with E-state index in [4.69, 9.17) is 0 Å². The van der Waals surface area contributed by atoms with Gasteiger partial charge in [-0.1, -0.05) is 18.2 Å². The third kappa shape index (κ3) is 4.62. The summed E-state index contributed by atoms with van der Waals surface area (Å²) in [7, 11) is -3.34. The summed E-state index contributed by atoms with van der Waals surface area (Å²) < 4.78 is 25.0. The van der Waals surface area contributed by atoms with Gasteiger partial charge in [-0.3, -0.25) is 9.52 Å². The number of rotatable bonds is 5. The molecule has 0 spiro atoms. The normalized spacial score (nSPS) is 16.7. The summed E-state index contributed by atoms with van der Waals surface area (Å²) in [5.74, 6) is 0.471. The molecule has 2 N–H and O–H groups in total. The summed E-state index contributed by atoms with van der Waals surface area (Å²) in [6.07, 6.45) is 3.67. The van der Waals surface area contributed by atoms with Crippen LogP contribution in [0.15, 0.2) is 54.7 Å². The first-order valence-electron chi connectivity index (χ1n) is 9.23. The lowest BCUT2D eigenvalue weighted by atomic mass is 10.2. The maximum Gasteiger partial charge on any atom is 0.253 e. The van der Waals surface area contributed by atoms with Crippen LogP contribution in [0.3, 0.4) is 0 Å². The summed E-state index contributed by atoms with van der Waals surface area (Å²) in [5.41, 5.74) is 1.82. The molecule has 0 saturated carbocycles. The lowest BCUT2D eigenvalue weighted by Gasteiger charge is -2.17. The summed E-state index contributed by atoms with van der Waals surface area (Å²) in [5, 5.41) is 4.29. The van der Waals surface area contributed by atoms with Crippen molar-refractivity contribution in [1.29, 1.82) is 0 Å². The number of para-hydroxylation sites is 1. The van der Waals surface area contributed by atoms with Gasteiger partial charge in [0.2, 0.25) is 16.0 Å².